The molecule has 7 heteroatoms. The number of rotatable bonds is 2. The first-order chi connectivity index (χ1) is 9.26. The molecule has 1 atom stereocenters. The van der Waals surface area contributed by atoms with Gasteiger partial charge in [0.15, 0.2) is 5.41 Å². The summed E-state index contributed by atoms with van der Waals surface area (Å²) in [5, 5.41) is 4.71. The van der Waals surface area contributed by atoms with Gasteiger partial charge in [0, 0.05) is 12.2 Å². The molecule has 1 amide bonds. The fourth-order valence-corrected chi connectivity index (χ4v) is 2.18. The van der Waals surface area contributed by atoms with E-state index in [1.807, 2.05) is 0 Å². The van der Waals surface area contributed by atoms with Gasteiger partial charge in [0.1, 0.15) is 5.82 Å². The van der Waals surface area contributed by atoms with Crippen LogP contribution in [0.5, 0.6) is 0 Å². The standard InChI is InChI=1S/C13H14F4N2O/c1-8-2-3-9(6-10(8)14)19-11(20)12(13(15,16)17)4-5-18-7-12/h2-3,6,18H,4-5,7H2,1H3,(H,19,20). The highest BCUT2D eigenvalue weighted by Crippen LogP contribution is 2.43. The quantitative estimate of drug-likeness (QED) is 0.822. The molecule has 2 N–H and O–H groups in total. The van der Waals surface area contributed by atoms with Crippen LogP contribution < -0.4 is 10.6 Å². The molecule has 110 valence electrons. The monoisotopic (exact) mass is 290 g/mol. The third-order valence-electron chi connectivity index (χ3n) is 3.56. The second-order valence-corrected chi connectivity index (χ2v) is 4.92. The molecule has 1 aromatic rings. The van der Waals surface area contributed by atoms with Crippen LogP contribution in [0.25, 0.3) is 0 Å². The minimum Gasteiger partial charge on any atom is -0.325 e. The first-order valence-corrected chi connectivity index (χ1v) is 6.11. The highest BCUT2D eigenvalue weighted by atomic mass is 19.4. The van der Waals surface area contributed by atoms with Crippen LogP contribution in [0.3, 0.4) is 0 Å². The van der Waals surface area contributed by atoms with Crippen LogP contribution in [0.1, 0.15) is 12.0 Å². The van der Waals surface area contributed by atoms with Crippen LogP contribution in [-0.2, 0) is 4.79 Å². The van der Waals surface area contributed by atoms with Gasteiger partial charge in [-0.25, -0.2) is 4.39 Å². The molecule has 1 heterocycles. The normalized spacial score (nSPS) is 22.9. The number of aryl methyl sites for hydroxylation is 1. The van der Waals surface area contributed by atoms with Gasteiger partial charge in [0.25, 0.3) is 0 Å². The Morgan fingerprint density at radius 3 is 2.60 bits per heavy atom. The second kappa shape index (κ2) is 5.05. The number of benzene rings is 1. The number of amides is 1. The Balaban J connectivity index is 2.23. The van der Waals surface area contributed by atoms with E-state index in [9.17, 15) is 22.4 Å². The lowest BCUT2D eigenvalue weighted by Gasteiger charge is -2.29. The van der Waals surface area contributed by atoms with Crippen molar-refractivity contribution in [1.29, 1.82) is 0 Å². The topological polar surface area (TPSA) is 41.1 Å². The molecule has 1 aliphatic rings. The third-order valence-corrected chi connectivity index (χ3v) is 3.56. The van der Waals surface area contributed by atoms with E-state index in [0.717, 1.165) is 6.07 Å². The number of alkyl halides is 3. The van der Waals surface area contributed by atoms with Gasteiger partial charge in [0.2, 0.25) is 5.91 Å². The lowest BCUT2D eigenvalue weighted by atomic mass is 9.85. The molecule has 1 unspecified atom stereocenters. The van der Waals surface area contributed by atoms with Crippen molar-refractivity contribution in [3.05, 3.63) is 29.6 Å². The third kappa shape index (κ3) is 2.49. The van der Waals surface area contributed by atoms with Crippen LogP contribution in [0.15, 0.2) is 18.2 Å². The van der Waals surface area contributed by atoms with Crippen LogP contribution in [0, 0.1) is 18.2 Å². The first kappa shape index (κ1) is 14.8. The van der Waals surface area contributed by atoms with Crippen molar-refractivity contribution in [2.24, 2.45) is 5.41 Å². The van der Waals surface area contributed by atoms with Gasteiger partial charge in [-0.3, -0.25) is 4.79 Å². The number of nitrogens with one attached hydrogen (secondary N) is 2. The van der Waals surface area contributed by atoms with Gasteiger partial charge in [-0.05, 0) is 37.6 Å². The molecule has 1 saturated heterocycles. The summed E-state index contributed by atoms with van der Waals surface area (Å²) in [6.45, 7) is 1.19. The molecule has 1 fully saturated rings. The van der Waals surface area contributed by atoms with E-state index in [0.29, 0.717) is 5.56 Å². The molecule has 0 spiro atoms. The summed E-state index contributed by atoms with van der Waals surface area (Å²) in [5.74, 6) is -1.73. The number of anilines is 1. The van der Waals surface area contributed by atoms with E-state index in [1.165, 1.54) is 19.1 Å². The average Bonchev–Trinajstić information content (AvgIpc) is 2.84. The average molecular weight is 290 g/mol. The molecule has 1 aliphatic heterocycles. The van der Waals surface area contributed by atoms with Crippen molar-refractivity contribution in [3.63, 3.8) is 0 Å². The summed E-state index contributed by atoms with van der Waals surface area (Å²) in [6, 6.07) is 3.79. The molecule has 0 radical (unpaired) electrons. The summed E-state index contributed by atoms with van der Waals surface area (Å²) in [6.07, 6.45) is -4.97. The molecule has 3 nitrogen and oxygen atoms in total. The molecule has 0 aliphatic carbocycles. The van der Waals surface area contributed by atoms with E-state index < -0.39 is 29.9 Å². The summed E-state index contributed by atoms with van der Waals surface area (Å²) in [5.41, 5.74) is -2.07. The molecule has 0 saturated carbocycles. The smallest absolute Gasteiger partial charge is 0.325 e. The van der Waals surface area contributed by atoms with Crippen LogP contribution in [0.2, 0.25) is 0 Å². The van der Waals surface area contributed by atoms with Gasteiger partial charge in [0.05, 0.1) is 0 Å². The minimum absolute atomic E-state index is 0.0219. The van der Waals surface area contributed by atoms with E-state index in [1.54, 1.807) is 0 Å². The number of carbonyl (C=O) groups excluding carboxylic acids is 1. The van der Waals surface area contributed by atoms with Gasteiger partial charge in [-0.1, -0.05) is 6.07 Å². The van der Waals surface area contributed by atoms with E-state index in [2.05, 4.69) is 10.6 Å². The van der Waals surface area contributed by atoms with Crippen molar-refractivity contribution >= 4 is 11.6 Å². The Kier molecular flexibility index (Phi) is 3.73. The number of carbonyl (C=O) groups is 1. The minimum atomic E-state index is -4.65. The number of hydrogen-bond acceptors (Lipinski definition) is 2. The van der Waals surface area contributed by atoms with Gasteiger partial charge >= 0.3 is 6.18 Å². The molecule has 20 heavy (non-hydrogen) atoms. The zero-order chi connectivity index (χ0) is 15.0. The number of hydrogen-bond donors (Lipinski definition) is 2. The summed E-state index contributed by atoms with van der Waals surface area (Å²) in [4.78, 5) is 12.0. The van der Waals surface area contributed by atoms with Crippen LogP contribution in [-0.4, -0.2) is 25.2 Å². The Bertz CT molecular complexity index is 522. The highest BCUT2D eigenvalue weighted by Gasteiger charge is 2.61. The summed E-state index contributed by atoms with van der Waals surface area (Å²) < 4.78 is 52.8. The number of halogens is 4. The second-order valence-electron chi connectivity index (χ2n) is 4.92. The van der Waals surface area contributed by atoms with E-state index >= 15 is 0 Å². The molecular formula is C13H14F4N2O. The Labute approximate surface area is 113 Å². The molecule has 1 aromatic carbocycles. The predicted molar refractivity (Wildman–Crippen MR) is 65.7 cm³/mol. The Morgan fingerprint density at radius 1 is 1.40 bits per heavy atom. The molecule has 0 aromatic heterocycles. The predicted octanol–water partition coefficient (Wildman–Crippen LogP) is 2.61. The first-order valence-electron chi connectivity index (χ1n) is 6.11. The Morgan fingerprint density at radius 2 is 2.10 bits per heavy atom. The lowest BCUT2D eigenvalue weighted by molar-refractivity contribution is -0.213. The zero-order valence-electron chi connectivity index (χ0n) is 10.8. The van der Waals surface area contributed by atoms with Crippen molar-refractivity contribution in [3.8, 4) is 0 Å². The van der Waals surface area contributed by atoms with Crippen molar-refractivity contribution in [1.82, 2.24) is 5.32 Å². The maximum absolute atomic E-state index is 13.4. The largest absolute Gasteiger partial charge is 0.404 e. The highest BCUT2D eigenvalue weighted by molar-refractivity contribution is 5.96. The SMILES string of the molecule is Cc1ccc(NC(=O)C2(C(F)(F)F)CCNC2)cc1F. The maximum Gasteiger partial charge on any atom is 0.404 e. The summed E-state index contributed by atoms with van der Waals surface area (Å²) in [7, 11) is 0. The van der Waals surface area contributed by atoms with Gasteiger partial charge < -0.3 is 10.6 Å². The Hall–Kier alpha value is -1.63. The maximum atomic E-state index is 13.4. The van der Waals surface area contributed by atoms with Crippen molar-refractivity contribution in [2.45, 2.75) is 19.5 Å². The van der Waals surface area contributed by atoms with Gasteiger partial charge in [-0.2, -0.15) is 13.2 Å². The van der Waals surface area contributed by atoms with Crippen molar-refractivity contribution < 1.29 is 22.4 Å². The van der Waals surface area contributed by atoms with Crippen LogP contribution >= 0.6 is 0 Å². The lowest BCUT2D eigenvalue weighted by Crippen LogP contribution is -2.49. The molecular weight excluding hydrogens is 276 g/mol. The fourth-order valence-electron chi connectivity index (χ4n) is 2.18. The van der Waals surface area contributed by atoms with Gasteiger partial charge in [-0.15, -0.1) is 0 Å². The molecule has 0 bridgehead atoms. The van der Waals surface area contributed by atoms with E-state index in [-0.39, 0.29) is 18.7 Å². The molecule has 2 rings (SSSR count). The van der Waals surface area contributed by atoms with E-state index in [4.69, 9.17) is 0 Å². The van der Waals surface area contributed by atoms with Crippen LogP contribution in [0.4, 0.5) is 23.2 Å². The fraction of sp³-hybridized carbons (Fsp3) is 0.462. The zero-order valence-corrected chi connectivity index (χ0v) is 10.8. The van der Waals surface area contributed by atoms with Crippen molar-refractivity contribution in [2.75, 3.05) is 18.4 Å². The summed E-state index contributed by atoms with van der Waals surface area (Å²) >= 11 is 0.